The molecule has 0 unspecified atom stereocenters. The van der Waals surface area contributed by atoms with Crippen molar-refractivity contribution in [1.29, 1.82) is 0 Å². The zero-order valence-electron chi connectivity index (χ0n) is 8.84. The van der Waals surface area contributed by atoms with Gasteiger partial charge in [0, 0.05) is 17.1 Å². The van der Waals surface area contributed by atoms with E-state index < -0.39 is 0 Å². The van der Waals surface area contributed by atoms with Gasteiger partial charge in [-0.1, -0.05) is 0 Å². The summed E-state index contributed by atoms with van der Waals surface area (Å²) in [6.07, 6.45) is 0. The third-order valence-corrected chi connectivity index (χ3v) is 3.28. The third kappa shape index (κ3) is 1.72. The molecule has 2 aromatic heterocycles. The minimum Gasteiger partial charge on any atom is -0.422 e. The van der Waals surface area contributed by atoms with Crippen LogP contribution in [0.5, 0.6) is 0 Å². The van der Waals surface area contributed by atoms with Gasteiger partial charge in [-0.3, -0.25) is 0 Å². The Morgan fingerprint density at radius 1 is 1.18 bits per heavy atom. The predicted molar refractivity (Wildman–Crippen MR) is 70.2 cm³/mol. The zero-order valence-corrected chi connectivity index (χ0v) is 9.66. The molecule has 0 amide bonds. The summed E-state index contributed by atoms with van der Waals surface area (Å²) in [7, 11) is 0. The lowest BCUT2D eigenvalue weighted by Gasteiger charge is -2.01. The highest BCUT2D eigenvalue weighted by Crippen LogP contribution is 2.23. The topological polar surface area (TPSA) is 56.2 Å². The minimum absolute atomic E-state index is 0.332. The molecule has 0 aliphatic rings. The van der Waals surface area contributed by atoms with E-state index in [4.69, 9.17) is 10.2 Å². The second-order valence-electron chi connectivity index (χ2n) is 3.76. The summed E-state index contributed by atoms with van der Waals surface area (Å²) in [6, 6.07) is 9.04. The molecule has 3 rings (SSSR count). The monoisotopic (exact) mass is 243 g/mol. The Hall–Kier alpha value is -2.07. The second-order valence-corrected chi connectivity index (χ2v) is 4.54. The van der Waals surface area contributed by atoms with Crippen molar-refractivity contribution in [3.63, 3.8) is 0 Å². The van der Waals surface area contributed by atoms with Crippen molar-refractivity contribution in [1.82, 2.24) is 0 Å². The van der Waals surface area contributed by atoms with Gasteiger partial charge in [0.05, 0.1) is 5.56 Å². The Morgan fingerprint density at radius 3 is 2.82 bits per heavy atom. The highest BCUT2D eigenvalue weighted by Gasteiger charge is 2.07. The largest absolute Gasteiger partial charge is 0.422 e. The fourth-order valence-corrected chi connectivity index (χ4v) is 2.40. The lowest BCUT2D eigenvalue weighted by Crippen LogP contribution is -2.02. The van der Waals surface area contributed by atoms with E-state index in [-0.39, 0.29) is 5.63 Å². The molecule has 3 aromatic rings. The fraction of sp³-hybridized carbons (Fsp3) is 0. The van der Waals surface area contributed by atoms with Crippen molar-refractivity contribution in [3.05, 3.63) is 51.5 Å². The van der Waals surface area contributed by atoms with E-state index in [1.807, 2.05) is 29.0 Å². The number of nitrogen functional groups attached to an aromatic ring is 1. The van der Waals surface area contributed by atoms with Gasteiger partial charge in [0.2, 0.25) is 0 Å². The van der Waals surface area contributed by atoms with Crippen molar-refractivity contribution in [2.24, 2.45) is 0 Å². The van der Waals surface area contributed by atoms with Crippen LogP contribution in [-0.4, -0.2) is 0 Å². The molecule has 0 aliphatic carbocycles. The van der Waals surface area contributed by atoms with Crippen LogP contribution in [0.1, 0.15) is 0 Å². The molecule has 0 saturated carbocycles. The van der Waals surface area contributed by atoms with Crippen molar-refractivity contribution >= 4 is 28.0 Å². The van der Waals surface area contributed by atoms with E-state index in [9.17, 15) is 4.79 Å². The van der Waals surface area contributed by atoms with Gasteiger partial charge < -0.3 is 10.2 Å². The van der Waals surface area contributed by atoms with E-state index in [2.05, 4.69) is 0 Å². The van der Waals surface area contributed by atoms with Gasteiger partial charge >= 0.3 is 5.63 Å². The number of nitrogens with two attached hydrogens (primary N) is 1. The first-order chi connectivity index (χ1) is 8.24. The maximum absolute atomic E-state index is 11.8. The quantitative estimate of drug-likeness (QED) is 0.527. The number of hydrogen-bond acceptors (Lipinski definition) is 4. The maximum atomic E-state index is 11.8. The van der Waals surface area contributed by atoms with E-state index in [1.54, 1.807) is 23.5 Å². The van der Waals surface area contributed by atoms with Gasteiger partial charge in [0.25, 0.3) is 0 Å². The SMILES string of the molecule is Nc1ccc2cc(-c3ccsc3)c(=O)oc2c1. The van der Waals surface area contributed by atoms with E-state index in [0.717, 1.165) is 10.9 Å². The summed E-state index contributed by atoms with van der Waals surface area (Å²) in [5.74, 6) is 0. The summed E-state index contributed by atoms with van der Waals surface area (Å²) in [5.41, 5.74) is 7.90. The number of anilines is 1. The van der Waals surface area contributed by atoms with Gasteiger partial charge in [-0.15, -0.1) is 0 Å². The summed E-state index contributed by atoms with van der Waals surface area (Å²) < 4.78 is 5.27. The molecular formula is C13H9NO2S. The van der Waals surface area contributed by atoms with Crippen molar-refractivity contribution in [2.75, 3.05) is 5.73 Å². The molecular weight excluding hydrogens is 234 g/mol. The lowest BCUT2D eigenvalue weighted by atomic mass is 10.1. The normalized spacial score (nSPS) is 10.8. The molecule has 0 radical (unpaired) electrons. The molecule has 0 bridgehead atoms. The summed E-state index contributed by atoms with van der Waals surface area (Å²) in [4.78, 5) is 11.8. The Balaban J connectivity index is 2.32. The molecule has 2 N–H and O–H groups in total. The maximum Gasteiger partial charge on any atom is 0.344 e. The molecule has 4 heteroatoms. The Kier molecular flexibility index (Phi) is 2.23. The summed E-state index contributed by atoms with van der Waals surface area (Å²) in [6.45, 7) is 0. The fourth-order valence-electron chi connectivity index (χ4n) is 1.75. The average Bonchev–Trinajstić information content (AvgIpc) is 2.81. The van der Waals surface area contributed by atoms with Gasteiger partial charge in [-0.25, -0.2) is 4.79 Å². The van der Waals surface area contributed by atoms with Crippen molar-refractivity contribution in [2.45, 2.75) is 0 Å². The van der Waals surface area contributed by atoms with E-state index >= 15 is 0 Å². The molecule has 17 heavy (non-hydrogen) atoms. The smallest absolute Gasteiger partial charge is 0.344 e. The average molecular weight is 243 g/mol. The predicted octanol–water partition coefficient (Wildman–Crippen LogP) is 3.10. The van der Waals surface area contributed by atoms with Crippen LogP contribution in [0.4, 0.5) is 5.69 Å². The van der Waals surface area contributed by atoms with Gasteiger partial charge in [-0.05, 0) is 40.6 Å². The van der Waals surface area contributed by atoms with Crippen LogP contribution in [0.3, 0.4) is 0 Å². The minimum atomic E-state index is -0.332. The van der Waals surface area contributed by atoms with Gasteiger partial charge in [-0.2, -0.15) is 11.3 Å². The summed E-state index contributed by atoms with van der Waals surface area (Å²) in [5, 5.41) is 4.73. The third-order valence-electron chi connectivity index (χ3n) is 2.59. The van der Waals surface area contributed by atoms with Gasteiger partial charge in [0.15, 0.2) is 0 Å². The lowest BCUT2D eigenvalue weighted by molar-refractivity contribution is 0.564. The molecule has 0 spiro atoms. The van der Waals surface area contributed by atoms with Crippen molar-refractivity contribution in [3.8, 4) is 11.1 Å². The summed E-state index contributed by atoms with van der Waals surface area (Å²) >= 11 is 1.55. The highest BCUT2D eigenvalue weighted by molar-refractivity contribution is 7.08. The van der Waals surface area contributed by atoms with Crippen LogP contribution < -0.4 is 11.4 Å². The number of benzene rings is 1. The highest BCUT2D eigenvalue weighted by atomic mass is 32.1. The standard InChI is InChI=1S/C13H9NO2S/c14-10-2-1-8-5-11(9-3-4-17-7-9)13(15)16-12(8)6-10/h1-7H,14H2. The Morgan fingerprint density at radius 2 is 2.06 bits per heavy atom. The van der Waals surface area contributed by atoms with Crippen LogP contribution in [0, 0.1) is 0 Å². The molecule has 0 saturated heterocycles. The molecule has 0 atom stereocenters. The van der Waals surface area contributed by atoms with Crippen LogP contribution in [0.2, 0.25) is 0 Å². The van der Waals surface area contributed by atoms with Crippen LogP contribution in [0.25, 0.3) is 22.1 Å². The first-order valence-electron chi connectivity index (χ1n) is 5.10. The number of fused-ring (bicyclic) bond motifs is 1. The molecule has 84 valence electrons. The number of rotatable bonds is 1. The molecule has 0 aliphatic heterocycles. The van der Waals surface area contributed by atoms with Crippen LogP contribution in [-0.2, 0) is 0 Å². The zero-order chi connectivity index (χ0) is 11.8. The first-order valence-corrected chi connectivity index (χ1v) is 6.04. The second kappa shape index (κ2) is 3.75. The van der Waals surface area contributed by atoms with E-state index in [0.29, 0.717) is 16.8 Å². The molecule has 3 nitrogen and oxygen atoms in total. The van der Waals surface area contributed by atoms with E-state index in [1.165, 1.54) is 0 Å². The number of hydrogen-bond donors (Lipinski definition) is 1. The van der Waals surface area contributed by atoms with Crippen LogP contribution >= 0.6 is 11.3 Å². The van der Waals surface area contributed by atoms with Crippen LogP contribution in [0.15, 0.2) is 50.3 Å². The van der Waals surface area contributed by atoms with Crippen molar-refractivity contribution < 1.29 is 4.42 Å². The Bertz CT molecular complexity index is 729. The molecule has 1 aromatic carbocycles. The molecule has 0 fully saturated rings. The Labute approximate surface area is 101 Å². The molecule has 2 heterocycles. The van der Waals surface area contributed by atoms with Gasteiger partial charge in [0.1, 0.15) is 5.58 Å². The number of thiophene rings is 1. The first kappa shape index (κ1) is 10.1.